The molecule has 13 nitrogen and oxygen atoms in total. The van der Waals surface area contributed by atoms with Gasteiger partial charge in [-0.1, -0.05) is 12.1 Å². The van der Waals surface area contributed by atoms with Crippen LogP contribution < -0.4 is 10.2 Å². The third-order valence-corrected chi connectivity index (χ3v) is 7.38. The Morgan fingerprint density at radius 1 is 1.15 bits per heavy atom. The number of benzene rings is 1. The first-order valence-electron chi connectivity index (χ1n) is 12.7. The molecule has 0 unspecified atom stereocenters. The number of likely N-dealkylation sites (tertiary alicyclic amines) is 1. The van der Waals surface area contributed by atoms with Crippen LogP contribution in [0.4, 0.5) is 16.2 Å². The number of aryl methyl sites for hydroxylation is 1. The average Bonchev–Trinajstić information content (AvgIpc) is 3.54. The van der Waals surface area contributed by atoms with Crippen molar-refractivity contribution < 1.29 is 19.1 Å². The minimum atomic E-state index is -0.372. The molecular formula is C26H29N9O4. The second-order valence-corrected chi connectivity index (χ2v) is 9.81. The molecule has 0 aliphatic carbocycles. The zero-order chi connectivity index (χ0) is 27.1. The Hall–Kier alpha value is -4.52. The fourth-order valence-corrected chi connectivity index (χ4v) is 4.93. The maximum absolute atomic E-state index is 13.4. The summed E-state index contributed by atoms with van der Waals surface area (Å²) < 4.78 is 11.8. The van der Waals surface area contributed by atoms with Gasteiger partial charge in [0.1, 0.15) is 6.04 Å². The monoisotopic (exact) mass is 531 g/mol. The Bertz CT molecular complexity index is 1540. The van der Waals surface area contributed by atoms with Crippen LogP contribution in [-0.2, 0) is 9.47 Å². The van der Waals surface area contributed by atoms with Gasteiger partial charge in [0.2, 0.25) is 5.82 Å². The molecular weight excluding hydrogens is 502 g/mol. The summed E-state index contributed by atoms with van der Waals surface area (Å²) in [7, 11) is 3.07. The summed E-state index contributed by atoms with van der Waals surface area (Å²) in [4.78, 5) is 30.3. The van der Waals surface area contributed by atoms with E-state index >= 15 is 0 Å². The SMILES string of the molecule is COC[C@H]1CCN1c1ccn2ncc(C(=O)Nc3cc(-c4nnn(C5CN(C(=O)OC)C5)n4)ccc3C)c2c1. The number of carbonyl (C=O) groups excluding carboxylic acids is 2. The van der Waals surface area contributed by atoms with Crippen molar-refractivity contribution in [2.45, 2.75) is 25.4 Å². The summed E-state index contributed by atoms with van der Waals surface area (Å²) in [6.45, 7) is 4.47. The van der Waals surface area contributed by atoms with Gasteiger partial charge in [-0.25, -0.2) is 9.31 Å². The Balaban J connectivity index is 1.19. The van der Waals surface area contributed by atoms with Crippen molar-refractivity contribution in [3.05, 3.63) is 53.9 Å². The van der Waals surface area contributed by atoms with Crippen molar-refractivity contribution in [3.8, 4) is 11.4 Å². The number of hydrogen-bond acceptors (Lipinski definition) is 9. The Labute approximate surface area is 224 Å². The van der Waals surface area contributed by atoms with Crippen LogP contribution in [0, 0.1) is 6.92 Å². The van der Waals surface area contributed by atoms with E-state index in [0.717, 1.165) is 35.3 Å². The van der Waals surface area contributed by atoms with Crippen LogP contribution >= 0.6 is 0 Å². The quantitative estimate of drug-likeness (QED) is 0.382. The maximum Gasteiger partial charge on any atom is 0.409 e. The highest BCUT2D eigenvalue weighted by atomic mass is 16.5. The van der Waals surface area contributed by atoms with Crippen LogP contribution in [0.5, 0.6) is 0 Å². The van der Waals surface area contributed by atoms with E-state index in [4.69, 9.17) is 9.47 Å². The topological polar surface area (TPSA) is 132 Å². The van der Waals surface area contributed by atoms with E-state index in [9.17, 15) is 9.59 Å². The Morgan fingerprint density at radius 3 is 2.74 bits per heavy atom. The summed E-state index contributed by atoms with van der Waals surface area (Å²) in [5.74, 6) is 0.177. The minimum absolute atomic E-state index is 0.0588. The third-order valence-electron chi connectivity index (χ3n) is 7.38. The fourth-order valence-electron chi connectivity index (χ4n) is 4.93. The molecule has 2 aliphatic heterocycles. The molecule has 1 atom stereocenters. The number of rotatable bonds is 7. The molecule has 13 heteroatoms. The Morgan fingerprint density at radius 2 is 2.00 bits per heavy atom. The number of carbonyl (C=O) groups is 2. The number of aromatic nitrogens is 6. The van der Waals surface area contributed by atoms with E-state index in [0.29, 0.717) is 42.8 Å². The predicted octanol–water partition coefficient (Wildman–Crippen LogP) is 2.40. The van der Waals surface area contributed by atoms with Crippen molar-refractivity contribution in [3.63, 3.8) is 0 Å². The van der Waals surface area contributed by atoms with Crippen molar-refractivity contribution in [1.29, 1.82) is 0 Å². The number of amides is 2. The molecule has 0 bridgehead atoms. The number of fused-ring (bicyclic) bond motifs is 1. The van der Waals surface area contributed by atoms with Crippen LogP contribution in [-0.4, -0.2) is 93.2 Å². The van der Waals surface area contributed by atoms with Gasteiger partial charge in [0.05, 0.1) is 50.1 Å². The second kappa shape index (κ2) is 9.98. The van der Waals surface area contributed by atoms with Gasteiger partial charge in [-0.05, 0) is 42.3 Å². The van der Waals surface area contributed by atoms with E-state index in [2.05, 4.69) is 30.7 Å². The molecule has 2 fully saturated rings. The molecule has 0 saturated carbocycles. The number of nitrogens with zero attached hydrogens (tertiary/aromatic N) is 8. The molecule has 2 aliphatic rings. The molecule has 0 spiro atoms. The minimum Gasteiger partial charge on any atom is -0.453 e. The highest BCUT2D eigenvalue weighted by molar-refractivity contribution is 6.09. The number of anilines is 2. The molecule has 2 amide bonds. The van der Waals surface area contributed by atoms with Crippen molar-refractivity contribution in [2.75, 3.05) is 50.7 Å². The lowest BCUT2D eigenvalue weighted by molar-refractivity contribution is 0.0621. The molecule has 5 heterocycles. The average molecular weight is 532 g/mol. The highest BCUT2D eigenvalue weighted by Crippen LogP contribution is 2.29. The first kappa shape index (κ1) is 24.8. The summed E-state index contributed by atoms with van der Waals surface area (Å²) in [6, 6.07) is 9.91. The molecule has 1 N–H and O–H groups in total. The first-order valence-corrected chi connectivity index (χ1v) is 12.7. The molecule has 0 radical (unpaired) electrons. The number of pyridine rings is 1. The van der Waals surface area contributed by atoms with Crippen molar-refractivity contribution in [2.24, 2.45) is 0 Å². The van der Waals surface area contributed by atoms with Crippen molar-refractivity contribution >= 4 is 28.9 Å². The van der Waals surface area contributed by atoms with Crippen LogP contribution in [0.1, 0.15) is 28.4 Å². The molecule has 2 saturated heterocycles. The lowest BCUT2D eigenvalue weighted by Gasteiger charge is -2.42. The van der Waals surface area contributed by atoms with E-state index in [-0.39, 0.29) is 18.0 Å². The van der Waals surface area contributed by atoms with E-state index in [1.54, 1.807) is 22.7 Å². The summed E-state index contributed by atoms with van der Waals surface area (Å²) >= 11 is 0. The van der Waals surface area contributed by atoms with E-state index in [1.165, 1.54) is 11.9 Å². The summed E-state index contributed by atoms with van der Waals surface area (Å²) in [5.41, 5.74) is 4.51. The number of tetrazole rings is 1. The van der Waals surface area contributed by atoms with Gasteiger partial charge in [0, 0.05) is 36.8 Å². The standard InChI is InChI=1S/C26H29N9O4/c1-16-4-5-17(24-29-31-35(30-24)20-13-32(14-20)26(37)39-3)10-22(16)28-25(36)21-12-27-34-9-7-18(11-23(21)34)33-8-6-19(33)15-38-2/h4-5,7,9-12,19-20H,6,8,13-15H2,1-3H3,(H,28,36)/t19-/m1/s1. The lowest BCUT2D eigenvalue weighted by Crippen LogP contribution is -2.51. The summed E-state index contributed by atoms with van der Waals surface area (Å²) in [6.07, 6.45) is 4.16. The van der Waals surface area contributed by atoms with Crippen LogP contribution in [0.2, 0.25) is 0 Å². The van der Waals surface area contributed by atoms with Gasteiger partial charge in [0.15, 0.2) is 0 Å². The van der Waals surface area contributed by atoms with Gasteiger partial charge >= 0.3 is 6.09 Å². The largest absolute Gasteiger partial charge is 0.453 e. The Kier molecular flexibility index (Phi) is 6.35. The normalized spacial score (nSPS) is 17.2. The van der Waals surface area contributed by atoms with Gasteiger partial charge in [-0.2, -0.15) is 9.90 Å². The number of hydrogen-bond donors (Lipinski definition) is 1. The molecule has 202 valence electrons. The molecule has 4 aromatic rings. The van der Waals surface area contributed by atoms with Crippen LogP contribution in [0.15, 0.2) is 42.7 Å². The molecule has 6 rings (SSSR count). The third kappa shape index (κ3) is 4.54. The van der Waals surface area contributed by atoms with Crippen LogP contribution in [0.25, 0.3) is 16.9 Å². The molecule has 39 heavy (non-hydrogen) atoms. The highest BCUT2D eigenvalue weighted by Gasteiger charge is 2.34. The van der Waals surface area contributed by atoms with Gasteiger partial charge in [0.25, 0.3) is 5.91 Å². The van der Waals surface area contributed by atoms with Crippen molar-refractivity contribution in [1.82, 2.24) is 34.7 Å². The predicted molar refractivity (Wildman–Crippen MR) is 142 cm³/mol. The zero-order valence-electron chi connectivity index (χ0n) is 21.9. The first-order chi connectivity index (χ1) is 18.9. The summed E-state index contributed by atoms with van der Waals surface area (Å²) in [5, 5.41) is 20.2. The number of ether oxygens (including phenoxy) is 2. The molecule has 3 aromatic heterocycles. The van der Waals surface area contributed by atoms with Gasteiger partial charge < -0.3 is 24.6 Å². The smallest absolute Gasteiger partial charge is 0.409 e. The van der Waals surface area contributed by atoms with Gasteiger partial charge in [-0.15, -0.1) is 10.2 Å². The molecule has 1 aromatic carbocycles. The second-order valence-electron chi connectivity index (χ2n) is 9.81. The maximum atomic E-state index is 13.4. The van der Waals surface area contributed by atoms with Gasteiger partial charge in [-0.3, -0.25) is 4.79 Å². The fraction of sp³-hybridized carbons (Fsp3) is 0.385. The van der Waals surface area contributed by atoms with E-state index in [1.807, 2.05) is 43.5 Å². The number of nitrogens with one attached hydrogen (secondary N) is 1. The van der Waals surface area contributed by atoms with Crippen LogP contribution in [0.3, 0.4) is 0 Å². The lowest BCUT2D eigenvalue weighted by atomic mass is 10.0. The van der Waals surface area contributed by atoms with E-state index < -0.39 is 0 Å². The number of methoxy groups -OCH3 is 2. The zero-order valence-corrected chi connectivity index (χ0v) is 21.9.